The molecule has 33 heavy (non-hydrogen) atoms. The van der Waals surface area contributed by atoms with Crippen molar-refractivity contribution in [3.63, 3.8) is 0 Å². The van der Waals surface area contributed by atoms with Gasteiger partial charge in [0.1, 0.15) is 16.5 Å². The molecule has 9 heteroatoms. The first-order valence-electron chi connectivity index (χ1n) is 10.4. The van der Waals surface area contributed by atoms with E-state index in [0.29, 0.717) is 24.5 Å². The maximum Gasteiger partial charge on any atom is 0.255 e. The number of ether oxygens (including phenoxy) is 1. The number of amides is 1. The van der Waals surface area contributed by atoms with Crippen LogP contribution in [-0.4, -0.2) is 51.9 Å². The van der Waals surface area contributed by atoms with Crippen LogP contribution < -0.4 is 15.0 Å². The summed E-state index contributed by atoms with van der Waals surface area (Å²) in [5.41, 5.74) is 1.57. The highest BCUT2D eigenvalue weighted by molar-refractivity contribution is 7.89. The zero-order valence-corrected chi connectivity index (χ0v) is 18.9. The smallest absolute Gasteiger partial charge is 0.255 e. The average Bonchev–Trinajstić information content (AvgIpc) is 2.85. The number of nitrogens with one attached hydrogen (secondary N) is 1. The Morgan fingerprint density at radius 1 is 0.939 bits per heavy atom. The Hall–Kier alpha value is -3.43. The molecule has 172 valence electrons. The molecular formula is C24H24FN3O4S. The summed E-state index contributed by atoms with van der Waals surface area (Å²) in [6.45, 7) is 1.42. The number of nitrogens with zero attached hydrogens (tertiary/aromatic N) is 2. The molecule has 3 aromatic carbocycles. The van der Waals surface area contributed by atoms with E-state index in [4.69, 9.17) is 4.74 Å². The largest absolute Gasteiger partial charge is 0.497 e. The van der Waals surface area contributed by atoms with Gasteiger partial charge in [-0.15, -0.1) is 0 Å². The molecule has 1 fully saturated rings. The maximum absolute atomic E-state index is 14.6. The monoisotopic (exact) mass is 469 g/mol. The number of piperazine rings is 1. The third kappa shape index (κ3) is 4.99. The lowest BCUT2D eigenvalue weighted by Gasteiger charge is -2.35. The van der Waals surface area contributed by atoms with Crippen molar-refractivity contribution in [1.29, 1.82) is 0 Å². The zero-order chi connectivity index (χ0) is 23.4. The van der Waals surface area contributed by atoms with Gasteiger partial charge in [-0.2, -0.15) is 4.31 Å². The summed E-state index contributed by atoms with van der Waals surface area (Å²) in [6, 6.07) is 19.8. The van der Waals surface area contributed by atoms with Crippen LogP contribution in [0.4, 0.5) is 15.8 Å². The van der Waals surface area contributed by atoms with Gasteiger partial charge in [-0.25, -0.2) is 12.8 Å². The van der Waals surface area contributed by atoms with Gasteiger partial charge in [-0.05, 0) is 54.6 Å². The number of benzene rings is 3. The van der Waals surface area contributed by atoms with Crippen molar-refractivity contribution in [2.24, 2.45) is 0 Å². The SMILES string of the molecule is COc1ccc(NC(=O)c2ccc(F)c(S(=O)(=O)N3CCN(c4ccccc4)CC3)c2)cc1. The number of rotatable bonds is 6. The minimum Gasteiger partial charge on any atom is -0.497 e. The molecule has 0 unspecified atom stereocenters. The predicted octanol–water partition coefficient (Wildman–Crippen LogP) is 3.60. The van der Waals surface area contributed by atoms with Crippen LogP contribution in [0, 0.1) is 5.82 Å². The van der Waals surface area contributed by atoms with Crippen molar-refractivity contribution in [3.05, 3.63) is 84.2 Å². The molecule has 1 N–H and O–H groups in total. The van der Waals surface area contributed by atoms with Gasteiger partial charge in [0, 0.05) is 43.1 Å². The molecule has 0 saturated carbocycles. The summed E-state index contributed by atoms with van der Waals surface area (Å²) >= 11 is 0. The van der Waals surface area contributed by atoms with E-state index >= 15 is 0 Å². The second-order valence-electron chi connectivity index (χ2n) is 7.55. The van der Waals surface area contributed by atoms with Crippen molar-refractivity contribution >= 4 is 27.3 Å². The highest BCUT2D eigenvalue weighted by atomic mass is 32.2. The normalized spacial score (nSPS) is 14.7. The van der Waals surface area contributed by atoms with Crippen LogP contribution in [0.2, 0.25) is 0 Å². The first-order valence-corrected chi connectivity index (χ1v) is 11.9. The molecule has 0 atom stereocenters. The van der Waals surface area contributed by atoms with Gasteiger partial charge in [0.25, 0.3) is 5.91 Å². The molecule has 0 aromatic heterocycles. The summed E-state index contributed by atoms with van der Waals surface area (Å²) in [5.74, 6) is -0.789. The van der Waals surface area contributed by atoms with Crippen LogP contribution in [0.3, 0.4) is 0 Å². The Morgan fingerprint density at radius 3 is 2.24 bits per heavy atom. The van der Waals surface area contributed by atoms with E-state index in [0.717, 1.165) is 17.8 Å². The number of sulfonamides is 1. The van der Waals surface area contributed by atoms with Crippen molar-refractivity contribution in [3.8, 4) is 5.75 Å². The number of carbonyl (C=O) groups excluding carboxylic acids is 1. The van der Waals surface area contributed by atoms with E-state index in [2.05, 4.69) is 10.2 Å². The molecule has 4 rings (SSSR count). The van der Waals surface area contributed by atoms with Gasteiger partial charge >= 0.3 is 0 Å². The highest BCUT2D eigenvalue weighted by Crippen LogP contribution is 2.24. The first kappa shape index (κ1) is 22.8. The van der Waals surface area contributed by atoms with Gasteiger partial charge in [-0.3, -0.25) is 4.79 Å². The maximum atomic E-state index is 14.6. The topological polar surface area (TPSA) is 78.9 Å². The van der Waals surface area contributed by atoms with Crippen LogP contribution in [0.25, 0.3) is 0 Å². The number of anilines is 2. The Bertz CT molecular complexity index is 1230. The minimum atomic E-state index is -4.10. The van der Waals surface area contributed by atoms with Gasteiger partial charge in [-0.1, -0.05) is 18.2 Å². The van der Waals surface area contributed by atoms with Gasteiger partial charge in [0.15, 0.2) is 0 Å². The summed E-state index contributed by atoms with van der Waals surface area (Å²) in [5, 5.41) is 2.68. The lowest BCUT2D eigenvalue weighted by Crippen LogP contribution is -2.48. The molecule has 0 aliphatic carbocycles. The van der Waals surface area contributed by atoms with Gasteiger partial charge in [0.2, 0.25) is 10.0 Å². The Morgan fingerprint density at radius 2 is 1.61 bits per heavy atom. The molecule has 1 heterocycles. The van der Waals surface area contributed by atoms with E-state index in [1.165, 1.54) is 17.5 Å². The second kappa shape index (κ2) is 9.60. The Balaban J connectivity index is 1.49. The molecule has 7 nitrogen and oxygen atoms in total. The first-order chi connectivity index (χ1) is 15.9. The molecule has 1 aliphatic rings. The molecule has 0 spiro atoms. The van der Waals surface area contributed by atoms with Crippen molar-refractivity contribution in [2.45, 2.75) is 4.90 Å². The number of hydrogen-bond acceptors (Lipinski definition) is 5. The summed E-state index contributed by atoms with van der Waals surface area (Å²) in [4.78, 5) is 14.2. The number of methoxy groups -OCH3 is 1. The third-order valence-electron chi connectivity index (χ3n) is 5.52. The molecule has 1 aliphatic heterocycles. The van der Waals surface area contributed by atoms with Crippen molar-refractivity contribution in [1.82, 2.24) is 4.31 Å². The molecule has 0 radical (unpaired) electrons. The Kier molecular flexibility index (Phi) is 6.62. The standard InChI is InChI=1S/C24H24FN3O4S/c1-32-21-10-8-19(9-11-21)26-24(29)18-7-12-22(25)23(17-18)33(30,31)28-15-13-27(14-16-28)20-5-3-2-4-6-20/h2-12,17H,13-16H2,1H3,(H,26,29). The van der Waals surface area contributed by atoms with Crippen LogP contribution in [0.1, 0.15) is 10.4 Å². The summed E-state index contributed by atoms with van der Waals surface area (Å²) in [6.07, 6.45) is 0. The van der Waals surface area contributed by atoms with E-state index in [-0.39, 0.29) is 18.7 Å². The summed E-state index contributed by atoms with van der Waals surface area (Å²) in [7, 11) is -2.56. The minimum absolute atomic E-state index is 0.0497. The van der Waals surface area contributed by atoms with Crippen molar-refractivity contribution in [2.75, 3.05) is 43.5 Å². The van der Waals surface area contributed by atoms with E-state index in [1.807, 2.05) is 30.3 Å². The zero-order valence-electron chi connectivity index (χ0n) is 18.1. The van der Waals surface area contributed by atoms with E-state index in [9.17, 15) is 17.6 Å². The highest BCUT2D eigenvalue weighted by Gasteiger charge is 2.31. The fourth-order valence-electron chi connectivity index (χ4n) is 3.68. The second-order valence-corrected chi connectivity index (χ2v) is 9.46. The number of hydrogen-bond donors (Lipinski definition) is 1. The fraction of sp³-hybridized carbons (Fsp3) is 0.208. The average molecular weight is 470 g/mol. The van der Waals surface area contributed by atoms with Crippen LogP contribution in [-0.2, 0) is 10.0 Å². The quantitative estimate of drug-likeness (QED) is 0.597. The molecular weight excluding hydrogens is 445 g/mol. The van der Waals surface area contributed by atoms with Gasteiger partial charge < -0.3 is 15.0 Å². The summed E-state index contributed by atoms with van der Waals surface area (Å²) < 4.78 is 47.3. The van der Waals surface area contributed by atoms with Gasteiger partial charge in [0.05, 0.1) is 7.11 Å². The molecule has 0 bridgehead atoms. The molecule has 3 aromatic rings. The Labute approximate surface area is 192 Å². The third-order valence-corrected chi connectivity index (χ3v) is 7.43. The van der Waals surface area contributed by atoms with E-state index in [1.54, 1.807) is 24.3 Å². The molecule has 1 amide bonds. The number of para-hydroxylation sites is 1. The van der Waals surface area contributed by atoms with Crippen LogP contribution in [0.5, 0.6) is 5.75 Å². The number of halogens is 1. The van der Waals surface area contributed by atoms with Crippen molar-refractivity contribution < 1.29 is 22.3 Å². The fourth-order valence-corrected chi connectivity index (χ4v) is 5.20. The predicted molar refractivity (Wildman–Crippen MR) is 125 cm³/mol. The molecule has 1 saturated heterocycles. The number of carbonyl (C=O) groups is 1. The van der Waals surface area contributed by atoms with E-state index < -0.39 is 26.6 Å². The lowest BCUT2D eigenvalue weighted by atomic mass is 10.2. The lowest BCUT2D eigenvalue weighted by molar-refractivity contribution is 0.102. The van der Waals surface area contributed by atoms with Crippen LogP contribution in [0.15, 0.2) is 77.7 Å². The van der Waals surface area contributed by atoms with Crippen LogP contribution >= 0.6 is 0 Å².